The zero-order chi connectivity index (χ0) is 14.8. The van der Waals surface area contributed by atoms with Gasteiger partial charge in [0.15, 0.2) is 5.82 Å². The topological polar surface area (TPSA) is 88.2 Å². The monoisotopic (exact) mass is 287 g/mol. The van der Waals surface area contributed by atoms with Gasteiger partial charge in [-0.05, 0) is 44.0 Å². The molecule has 0 bridgehead atoms. The van der Waals surface area contributed by atoms with Crippen molar-refractivity contribution in [3.63, 3.8) is 0 Å². The van der Waals surface area contributed by atoms with E-state index < -0.39 is 0 Å². The molecule has 1 heterocycles. The predicted molar refractivity (Wildman–Crippen MR) is 75.7 cm³/mol. The van der Waals surface area contributed by atoms with Crippen molar-refractivity contribution in [2.75, 3.05) is 6.61 Å². The lowest BCUT2D eigenvalue weighted by Crippen LogP contribution is -2.34. The first-order valence-electron chi connectivity index (χ1n) is 7.03. The van der Waals surface area contributed by atoms with Crippen LogP contribution < -0.4 is 5.32 Å². The summed E-state index contributed by atoms with van der Waals surface area (Å²) < 4.78 is 5.24. The van der Waals surface area contributed by atoms with Gasteiger partial charge in [0.25, 0.3) is 11.8 Å². The number of carbonyl (C=O) groups is 1. The molecule has 1 aromatic heterocycles. The molecule has 0 spiro atoms. The van der Waals surface area contributed by atoms with Gasteiger partial charge in [-0.1, -0.05) is 5.16 Å². The summed E-state index contributed by atoms with van der Waals surface area (Å²) in [4.78, 5) is 16.3. The number of carbonyl (C=O) groups excluding carboxylic acids is 1. The second-order valence-electron chi connectivity index (χ2n) is 5.37. The smallest absolute Gasteiger partial charge is 0.257 e. The van der Waals surface area contributed by atoms with E-state index in [2.05, 4.69) is 15.5 Å². The summed E-state index contributed by atoms with van der Waals surface area (Å²) in [7, 11) is 0. The van der Waals surface area contributed by atoms with E-state index in [1.165, 1.54) is 0 Å². The second kappa shape index (κ2) is 5.65. The highest BCUT2D eigenvalue weighted by atomic mass is 16.5. The minimum absolute atomic E-state index is 0.0875. The summed E-state index contributed by atoms with van der Waals surface area (Å²) in [6.07, 6.45) is 2.25. The Morgan fingerprint density at radius 3 is 2.76 bits per heavy atom. The predicted octanol–water partition coefficient (Wildman–Crippen LogP) is 1.72. The number of nitrogens with zero attached hydrogens (tertiary/aromatic N) is 2. The van der Waals surface area contributed by atoms with Crippen molar-refractivity contribution in [2.45, 2.75) is 31.7 Å². The Labute approximate surface area is 122 Å². The number of hydrogen-bond acceptors (Lipinski definition) is 5. The van der Waals surface area contributed by atoms with Gasteiger partial charge in [0, 0.05) is 23.1 Å². The average molecular weight is 287 g/mol. The Balaban J connectivity index is 1.72. The molecule has 0 saturated heterocycles. The van der Waals surface area contributed by atoms with E-state index in [0.717, 1.165) is 24.2 Å². The van der Waals surface area contributed by atoms with E-state index in [0.29, 0.717) is 17.4 Å². The first-order valence-corrected chi connectivity index (χ1v) is 7.03. The number of nitrogens with one attached hydrogen (secondary N) is 1. The lowest BCUT2D eigenvalue weighted by atomic mass is 10.1. The van der Waals surface area contributed by atoms with Crippen molar-refractivity contribution in [3.05, 3.63) is 35.7 Å². The Hall–Kier alpha value is -2.21. The highest BCUT2D eigenvalue weighted by Gasteiger charge is 2.28. The van der Waals surface area contributed by atoms with Crippen LogP contribution in [-0.2, 0) is 0 Å². The van der Waals surface area contributed by atoms with Crippen molar-refractivity contribution in [3.8, 4) is 11.5 Å². The van der Waals surface area contributed by atoms with Gasteiger partial charge in [0.05, 0.1) is 6.61 Å². The van der Waals surface area contributed by atoms with Crippen LogP contribution in [0.15, 0.2) is 28.8 Å². The second-order valence-corrected chi connectivity index (χ2v) is 5.37. The third kappa shape index (κ3) is 3.11. The minimum atomic E-state index is -0.269. The van der Waals surface area contributed by atoms with Gasteiger partial charge >= 0.3 is 0 Å². The minimum Gasteiger partial charge on any atom is -0.394 e. The molecule has 1 amide bonds. The maximum Gasteiger partial charge on any atom is 0.257 e. The summed E-state index contributed by atoms with van der Waals surface area (Å²) in [6.45, 7) is 1.65. The molecule has 2 aromatic rings. The third-order valence-electron chi connectivity index (χ3n) is 3.43. The van der Waals surface area contributed by atoms with Crippen molar-refractivity contribution in [1.82, 2.24) is 15.5 Å². The van der Waals surface area contributed by atoms with Crippen LogP contribution in [0.1, 0.15) is 41.9 Å². The molecule has 21 heavy (non-hydrogen) atoms. The molecule has 110 valence electrons. The maximum absolute atomic E-state index is 11.9. The molecule has 1 saturated carbocycles. The van der Waals surface area contributed by atoms with Gasteiger partial charge in [-0.3, -0.25) is 4.79 Å². The number of hydrogen-bond donors (Lipinski definition) is 2. The highest BCUT2D eigenvalue weighted by Crippen LogP contribution is 2.38. The fourth-order valence-corrected chi connectivity index (χ4v) is 1.98. The molecule has 2 N–H and O–H groups in total. The fraction of sp³-hybridized carbons (Fsp3) is 0.400. The maximum atomic E-state index is 11.9. The number of benzene rings is 1. The van der Waals surface area contributed by atoms with Crippen LogP contribution in [0.3, 0.4) is 0 Å². The Kier molecular flexibility index (Phi) is 3.70. The summed E-state index contributed by atoms with van der Waals surface area (Å²) in [5.41, 5.74) is 1.32. The van der Waals surface area contributed by atoms with Crippen LogP contribution in [0, 0.1) is 0 Å². The lowest BCUT2D eigenvalue weighted by molar-refractivity contribution is 0.0922. The SMILES string of the molecule is CC(CO)NC(=O)c1ccc(-c2nc(C3CC3)no2)cc1. The Bertz CT molecular complexity index is 632. The van der Waals surface area contributed by atoms with E-state index in [9.17, 15) is 4.79 Å². The largest absolute Gasteiger partial charge is 0.394 e. The standard InChI is InChI=1S/C15H17N3O3/c1-9(8-19)16-14(20)11-4-6-12(7-5-11)15-17-13(18-21-15)10-2-3-10/h4-7,9-10,19H,2-3,8H2,1H3,(H,16,20). The van der Waals surface area contributed by atoms with Crippen LogP contribution in [0.25, 0.3) is 11.5 Å². The van der Waals surface area contributed by atoms with Crippen LogP contribution >= 0.6 is 0 Å². The summed E-state index contributed by atoms with van der Waals surface area (Å²) in [6, 6.07) is 6.70. The molecule has 0 aliphatic heterocycles. The quantitative estimate of drug-likeness (QED) is 0.874. The fourth-order valence-electron chi connectivity index (χ4n) is 1.98. The first-order chi connectivity index (χ1) is 10.2. The van der Waals surface area contributed by atoms with Crippen molar-refractivity contribution >= 4 is 5.91 Å². The van der Waals surface area contributed by atoms with Gasteiger partial charge in [0.1, 0.15) is 0 Å². The summed E-state index contributed by atoms with van der Waals surface area (Å²) in [5, 5.41) is 15.6. The zero-order valence-electron chi connectivity index (χ0n) is 11.7. The molecule has 1 fully saturated rings. The molecule has 3 rings (SSSR count). The molecular formula is C15H17N3O3. The van der Waals surface area contributed by atoms with E-state index >= 15 is 0 Å². The molecule has 1 unspecified atom stereocenters. The molecule has 0 radical (unpaired) electrons. The summed E-state index contributed by atoms with van der Waals surface area (Å²) >= 11 is 0. The number of amides is 1. The number of rotatable bonds is 5. The van der Waals surface area contributed by atoms with Gasteiger partial charge in [-0.15, -0.1) is 0 Å². The van der Waals surface area contributed by atoms with E-state index in [-0.39, 0.29) is 18.6 Å². The summed E-state index contributed by atoms with van der Waals surface area (Å²) in [5.74, 6) is 1.48. The molecule has 6 nitrogen and oxygen atoms in total. The third-order valence-corrected chi connectivity index (χ3v) is 3.43. The molecule has 1 aromatic carbocycles. The molecule has 1 aliphatic carbocycles. The number of aromatic nitrogens is 2. The number of aliphatic hydroxyl groups is 1. The van der Waals surface area contributed by atoms with Crippen molar-refractivity contribution in [1.29, 1.82) is 0 Å². The Morgan fingerprint density at radius 1 is 1.43 bits per heavy atom. The normalized spacial score (nSPS) is 15.7. The van der Waals surface area contributed by atoms with Gasteiger partial charge in [-0.2, -0.15) is 4.98 Å². The molecular weight excluding hydrogens is 270 g/mol. The van der Waals surface area contributed by atoms with Crippen LogP contribution in [0.5, 0.6) is 0 Å². The average Bonchev–Trinajstić information content (AvgIpc) is 3.24. The van der Waals surface area contributed by atoms with Gasteiger partial charge in [0.2, 0.25) is 0 Å². The van der Waals surface area contributed by atoms with Crippen molar-refractivity contribution in [2.24, 2.45) is 0 Å². The van der Waals surface area contributed by atoms with E-state index in [1.54, 1.807) is 31.2 Å². The number of aliphatic hydroxyl groups excluding tert-OH is 1. The van der Waals surface area contributed by atoms with Gasteiger partial charge in [-0.25, -0.2) is 0 Å². The van der Waals surface area contributed by atoms with Gasteiger partial charge < -0.3 is 14.9 Å². The van der Waals surface area contributed by atoms with E-state index in [1.807, 2.05) is 0 Å². The van der Waals surface area contributed by atoms with Crippen LogP contribution in [-0.4, -0.2) is 33.8 Å². The highest BCUT2D eigenvalue weighted by molar-refractivity contribution is 5.94. The first kappa shape index (κ1) is 13.8. The van der Waals surface area contributed by atoms with Crippen LogP contribution in [0.4, 0.5) is 0 Å². The lowest BCUT2D eigenvalue weighted by Gasteiger charge is -2.10. The molecule has 6 heteroatoms. The zero-order valence-corrected chi connectivity index (χ0v) is 11.7. The van der Waals surface area contributed by atoms with E-state index in [4.69, 9.17) is 9.63 Å². The molecule has 1 aliphatic rings. The Morgan fingerprint density at radius 2 is 2.14 bits per heavy atom. The molecule has 1 atom stereocenters. The van der Waals surface area contributed by atoms with Crippen LogP contribution in [0.2, 0.25) is 0 Å². The van der Waals surface area contributed by atoms with Crippen molar-refractivity contribution < 1.29 is 14.4 Å².